The van der Waals surface area contributed by atoms with Crippen LogP contribution in [-0.2, 0) is 0 Å². The van der Waals surface area contributed by atoms with E-state index in [1.165, 1.54) is 34.5 Å². The van der Waals surface area contributed by atoms with E-state index in [1.54, 1.807) is 11.8 Å². The molecule has 9 aromatic carbocycles. The van der Waals surface area contributed by atoms with Gasteiger partial charge >= 0.3 is 0 Å². The third-order valence-electron chi connectivity index (χ3n) is 10.1. The summed E-state index contributed by atoms with van der Waals surface area (Å²) < 4.78 is 28.5. The van der Waals surface area contributed by atoms with Gasteiger partial charge in [-0.25, -0.2) is 8.78 Å². The first kappa shape index (κ1) is 31.3. The molecule has 0 fully saturated rings. The van der Waals surface area contributed by atoms with Crippen molar-refractivity contribution in [2.45, 2.75) is 9.79 Å². The molecule has 0 atom stereocenters. The second kappa shape index (κ2) is 12.7. The number of rotatable bonds is 6. The molecule has 2 nitrogen and oxygen atoms in total. The van der Waals surface area contributed by atoms with Crippen molar-refractivity contribution in [3.8, 4) is 11.1 Å². The van der Waals surface area contributed by atoms with Gasteiger partial charge in [0.2, 0.25) is 0 Å². The van der Waals surface area contributed by atoms with Gasteiger partial charge in [-0.15, -0.1) is 0 Å². The maximum atomic E-state index is 14.3. The van der Waals surface area contributed by atoms with Crippen molar-refractivity contribution < 1.29 is 8.78 Å². The number of benzene rings is 9. The molecular weight excluding hydrogens is 675 g/mol. The lowest BCUT2D eigenvalue weighted by Crippen LogP contribution is -2.12. The first-order valence-corrected chi connectivity index (χ1v) is 18.4. The summed E-state index contributed by atoms with van der Waals surface area (Å²) in [5.74, 6) is -0.538. The fourth-order valence-electron chi connectivity index (χ4n) is 7.76. The molecule has 0 aromatic heterocycles. The van der Waals surface area contributed by atoms with Crippen molar-refractivity contribution in [2.75, 3.05) is 9.80 Å². The summed E-state index contributed by atoms with van der Waals surface area (Å²) in [5.41, 5.74) is 8.14. The van der Waals surface area contributed by atoms with E-state index >= 15 is 0 Å². The van der Waals surface area contributed by atoms with Gasteiger partial charge in [0.25, 0.3) is 0 Å². The van der Waals surface area contributed by atoms with Crippen molar-refractivity contribution in [2.24, 2.45) is 0 Å². The smallest absolute Gasteiger partial charge is 0.123 e. The van der Waals surface area contributed by atoms with Crippen LogP contribution >= 0.6 is 11.8 Å². The van der Waals surface area contributed by atoms with Crippen molar-refractivity contribution in [3.63, 3.8) is 0 Å². The van der Waals surface area contributed by atoms with Gasteiger partial charge in [-0.05, 0) is 107 Å². The Morgan fingerprint density at radius 3 is 1.51 bits per heavy atom. The minimum Gasteiger partial charge on any atom is -0.310 e. The van der Waals surface area contributed by atoms with Crippen LogP contribution < -0.4 is 9.80 Å². The average Bonchev–Trinajstić information content (AvgIpc) is 3.20. The maximum Gasteiger partial charge on any atom is 0.123 e. The summed E-state index contributed by atoms with van der Waals surface area (Å²) >= 11 is 1.76. The van der Waals surface area contributed by atoms with Crippen molar-refractivity contribution in [1.29, 1.82) is 0 Å². The van der Waals surface area contributed by atoms with E-state index in [2.05, 4.69) is 137 Å². The highest BCUT2D eigenvalue weighted by Gasteiger charge is 2.26. The molecular formula is C48H30F2N2S. The van der Waals surface area contributed by atoms with E-state index in [-0.39, 0.29) is 11.6 Å². The molecule has 0 saturated carbocycles. The quantitative estimate of drug-likeness (QED) is 0.170. The first-order chi connectivity index (χ1) is 26.1. The van der Waals surface area contributed by atoms with Gasteiger partial charge in [-0.3, -0.25) is 0 Å². The van der Waals surface area contributed by atoms with Crippen LogP contribution in [0.3, 0.4) is 0 Å². The van der Waals surface area contributed by atoms with Gasteiger partial charge in [-0.2, -0.15) is 0 Å². The topological polar surface area (TPSA) is 6.48 Å². The predicted molar refractivity (Wildman–Crippen MR) is 218 cm³/mol. The first-order valence-electron chi connectivity index (χ1n) is 17.6. The van der Waals surface area contributed by atoms with Crippen LogP contribution in [0.5, 0.6) is 0 Å². The zero-order chi connectivity index (χ0) is 35.5. The highest BCUT2D eigenvalue weighted by molar-refractivity contribution is 7.99. The summed E-state index contributed by atoms with van der Waals surface area (Å²) in [6, 6.07) is 60.4. The highest BCUT2D eigenvalue weighted by atomic mass is 32.2. The Labute approximate surface area is 310 Å². The largest absolute Gasteiger partial charge is 0.310 e. The Bertz CT molecular complexity index is 2840. The van der Waals surface area contributed by atoms with Gasteiger partial charge in [0.15, 0.2) is 0 Å². The van der Waals surface area contributed by atoms with Crippen LogP contribution in [0.25, 0.3) is 43.4 Å². The Morgan fingerprint density at radius 2 is 0.849 bits per heavy atom. The van der Waals surface area contributed by atoms with Crippen molar-refractivity contribution >= 4 is 78.2 Å². The molecule has 0 saturated heterocycles. The standard InChI is InChI=1S/C48H30F2N2S/c49-33-18-22-35(23-19-33)51(43-15-5-10-31-8-1-3-12-38(31)43)37-26-27-40-41-28-29-45(42-14-7-17-46(48(41)42)53-47(40)30-37)52(36-24-20-34(50)21-25-36)44-16-6-11-32-9-2-4-13-39(32)44/h1-30H. The maximum absolute atomic E-state index is 14.3. The van der Waals surface area contributed by atoms with Gasteiger partial charge in [-0.1, -0.05) is 109 Å². The third-order valence-corrected chi connectivity index (χ3v) is 11.3. The average molecular weight is 705 g/mol. The third kappa shape index (κ3) is 5.32. The Kier molecular flexibility index (Phi) is 7.48. The molecule has 0 amide bonds. The van der Waals surface area contributed by atoms with Crippen molar-refractivity contribution in [1.82, 2.24) is 0 Å². The Morgan fingerprint density at radius 1 is 0.358 bits per heavy atom. The lowest BCUT2D eigenvalue weighted by Gasteiger charge is -2.31. The number of halogens is 2. The van der Waals surface area contributed by atoms with Crippen LogP contribution in [0.15, 0.2) is 192 Å². The minimum absolute atomic E-state index is 0.268. The van der Waals surface area contributed by atoms with E-state index in [9.17, 15) is 8.78 Å². The highest BCUT2D eigenvalue weighted by Crippen LogP contribution is 2.53. The fourth-order valence-corrected chi connectivity index (χ4v) is 8.93. The van der Waals surface area contributed by atoms with E-state index in [1.807, 2.05) is 30.3 Å². The fraction of sp³-hybridized carbons (Fsp3) is 0. The number of hydrogen-bond acceptors (Lipinski definition) is 3. The van der Waals surface area contributed by atoms with Gasteiger partial charge < -0.3 is 9.80 Å². The van der Waals surface area contributed by atoms with E-state index in [0.717, 1.165) is 77.1 Å². The molecule has 1 heterocycles. The molecule has 0 unspecified atom stereocenters. The normalized spacial score (nSPS) is 11.9. The summed E-state index contributed by atoms with van der Waals surface area (Å²) in [6.07, 6.45) is 0. The molecule has 10 rings (SSSR count). The molecule has 252 valence electrons. The van der Waals surface area contributed by atoms with Crippen LogP contribution in [0.1, 0.15) is 0 Å². The zero-order valence-electron chi connectivity index (χ0n) is 28.4. The molecule has 53 heavy (non-hydrogen) atoms. The van der Waals surface area contributed by atoms with Crippen LogP contribution in [0.4, 0.5) is 42.9 Å². The minimum atomic E-state index is -0.269. The van der Waals surface area contributed by atoms with E-state index in [4.69, 9.17) is 0 Å². The lowest BCUT2D eigenvalue weighted by atomic mass is 9.95. The van der Waals surface area contributed by atoms with Crippen LogP contribution in [0, 0.1) is 11.6 Å². The second-order valence-corrected chi connectivity index (χ2v) is 14.3. The number of nitrogens with zero attached hydrogens (tertiary/aromatic N) is 2. The molecule has 9 aromatic rings. The lowest BCUT2D eigenvalue weighted by molar-refractivity contribution is 0.627. The van der Waals surface area contributed by atoms with Crippen LogP contribution in [-0.4, -0.2) is 0 Å². The van der Waals surface area contributed by atoms with Gasteiger partial charge in [0.05, 0.1) is 17.1 Å². The summed E-state index contributed by atoms with van der Waals surface area (Å²) in [7, 11) is 0. The second-order valence-electron chi connectivity index (χ2n) is 13.2. The van der Waals surface area contributed by atoms with Gasteiger partial charge in [0.1, 0.15) is 11.6 Å². The summed E-state index contributed by atoms with van der Waals surface area (Å²) in [4.78, 5) is 6.78. The molecule has 1 aliphatic heterocycles. The predicted octanol–water partition coefficient (Wildman–Crippen LogP) is 14.5. The van der Waals surface area contributed by atoms with Crippen molar-refractivity contribution in [3.05, 3.63) is 194 Å². The number of anilines is 6. The van der Waals surface area contributed by atoms with Crippen LogP contribution in [0.2, 0.25) is 0 Å². The Balaban J connectivity index is 1.15. The SMILES string of the molecule is Fc1ccc(N(c2ccc3c(c2)Sc2cccc4c(N(c5ccc(F)cc5)c5cccc6ccccc56)ccc-3c24)c2cccc3ccccc23)cc1. The summed E-state index contributed by atoms with van der Waals surface area (Å²) in [5, 5.41) is 6.81. The molecule has 0 bridgehead atoms. The molecule has 5 heteroatoms. The van der Waals surface area contributed by atoms with E-state index in [0.29, 0.717) is 0 Å². The molecule has 1 aliphatic rings. The molecule has 0 spiro atoms. The Hall–Kier alpha value is -6.43. The molecule has 0 aliphatic carbocycles. The zero-order valence-corrected chi connectivity index (χ0v) is 29.2. The van der Waals surface area contributed by atoms with E-state index < -0.39 is 0 Å². The number of fused-ring (bicyclic) bond motifs is 4. The monoisotopic (exact) mass is 704 g/mol. The van der Waals surface area contributed by atoms with Gasteiger partial charge in [0, 0.05) is 48.4 Å². The molecule has 0 radical (unpaired) electrons. The molecule has 0 N–H and O–H groups in total. The summed E-state index contributed by atoms with van der Waals surface area (Å²) in [6.45, 7) is 0. The number of hydrogen-bond donors (Lipinski definition) is 0.